The lowest BCUT2D eigenvalue weighted by atomic mass is 9.75. The van der Waals surface area contributed by atoms with Crippen LogP contribution in [0.5, 0.6) is 0 Å². The largest absolute Gasteiger partial charge is 0.321 e. The lowest BCUT2D eigenvalue weighted by Crippen LogP contribution is -2.44. The molecule has 0 radical (unpaired) electrons. The molecule has 1 aliphatic carbocycles. The van der Waals surface area contributed by atoms with E-state index in [1.54, 1.807) is 0 Å². The molecule has 1 amide bonds. The van der Waals surface area contributed by atoms with Gasteiger partial charge in [-0.1, -0.05) is 54.1 Å². The second kappa shape index (κ2) is 8.63. The minimum Gasteiger partial charge on any atom is -0.321 e. The van der Waals surface area contributed by atoms with Crippen molar-refractivity contribution in [2.45, 2.75) is 37.3 Å². The van der Waals surface area contributed by atoms with E-state index in [1.807, 2.05) is 54.6 Å². The van der Waals surface area contributed by atoms with Crippen LogP contribution in [-0.4, -0.2) is 15.7 Å². The Bertz CT molecular complexity index is 1150. The molecule has 2 aromatic carbocycles. The molecule has 0 saturated heterocycles. The smallest absolute Gasteiger partial charge is 0.279 e. The van der Waals surface area contributed by atoms with Gasteiger partial charge in [0.25, 0.3) is 11.5 Å². The fourth-order valence-electron chi connectivity index (χ4n) is 4.20. The first-order chi connectivity index (χ1) is 14.9. The van der Waals surface area contributed by atoms with E-state index in [9.17, 15) is 9.59 Å². The molecular weight excluding hydrogens is 414 g/mol. The molecule has 1 heterocycles. The Morgan fingerprint density at radius 1 is 1.10 bits per heavy atom. The SMILES string of the molecule is NNC(=O)c1cc(-c2ccccc2)nn(C2CCC(N)(c3cccc(Cl)c3)CC2)c1=O. The zero-order valence-electron chi connectivity index (χ0n) is 16.9. The first kappa shape index (κ1) is 21.2. The molecule has 0 unspecified atom stereocenters. The number of nitrogens with two attached hydrogens (primary N) is 2. The van der Waals surface area contributed by atoms with Gasteiger partial charge in [0.1, 0.15) is 5.56 Å². The first-order valence-corrected chi connectivity index (χ1v) is 10.5. The topological polar surface area (TPSA) is 116 Å². The number of amides is 1. The molecule has 0 bridgehead atoms. The van der Waals surface area contributed by atoms with Gasteiger partial charge in [0.15, 0.2) is 0 Å². The number of nitrogen functional groups attached to an aromatic ring is 1. The van der Waals surface area contributed by atoms with Crippen LogP contribution in [0.25, 0.3) is 11.3 Å². The van der Waals surface area contributed by atoms with Crippen LogP contribution in [0.3, 0.4) is 0 Å². The van der Waals surface area contributed by atoms with Crippen molar-refractivity contribution in [2.75, 3.05) is 0 Å². The molecule has 0 aliphatic heterocycles. The van der Waals surface area contributed by atoms with Crippen LogP contribution in [0.15, 0.2) is 65.5 Å². The van der Waals surface area contributed by atoms with Crippen LogP contribution in [-0.2, 0) is 5.54 Å². The van der Waals surface area contributed by atoms with Crippen molar-refractivity contribution in [2.24, 2.45) is 11.6 Å². The molecule has 7 nitrogen and oxygen atoms in total. The molecule has 1 fully saturated rings. The number of benzene rings is 2. The lowest BCUT2D eigenvalue weighted by molar-refractivity contribution is 0.0950. The van der Waals surface area contributed by atoms with Gasteiger partial charge in [-0.2, -0.15) is 5.10 Å². The first-order valence-electron chi connectivity index (χ1n) is 10.2. The summed E-state index contributed by atoms with van der Waals surface area (Å²) in [6.45, 7) is 0. The van der Waals surface area contributed by atoms with Gasteiger partial charge < -0.3 is 5.73 Å². The monoisotopic (exact) mass is 437 g/mol. The standard InChI is InChI=1S/C23H24ClN5O2/c24-17-8-4-7-16(13-17)23(25)11-9-18(10-12-23)29-22(31)19(21(30)27-26)14-20(28-29)15-5-2-1-3-6-15/h1-8,13-14,18H,9-12,25-26H2,(H,27,30). The zero-order chi connectivity index (χ0) is 22.0. The maximum absolute atomic E-state index is 13.1. The van der Waals surface area contributed by atoms with Gasteiger partial charge in [0.05, 0.1) is 11.7 Å². The number of nitrogens with one attached hydrogen (secondary N) is 1. The number of rotatable bonds is 4. The Morgan fingerprint density at radius 2 is 1.81 bits per heavy atom. The Labute approximate surface area is 185 Å². The normalized spacial score (nSPS) is 20.9. The van der Waals surface area contributed by atoms with E-state index in [0.29, 0.717) is 36.4 Å². The number of carbonyl (C=O) groups excluding carboxylic acids is 1. The summed E-state index contributed by atoms with van der Waals surface area (Å²) in [5.74, 6) is 4.67. The molecule has 8 heteroatoms. The van der Waals surface area contributed by atoms with Crippen LogP contribution in [0, 0.1) is 0 Å². The Balaban J connectivity index is 1.68. The summed E-state index contributed by atoms with van der Waals surface area (Å²) in [6.07, 6.45) is 2.63. The minimum atomic E-state index is -0.638. The van der Waals surface area contributed by atoms with E-state index in [0.717, 1.165) is 11.1 Å². The highest BCUT2D eigenvalue weighted by atomic mass is 35.5. The minimum absolute atomic E-state index is 0.0317. The summed E-state index contributed by atoms with van der Waals surface area (Å²) in [5, 5.41) is 5.25. The number of aromatic nitrogens is 2. The Morgan fingerprint density at radius 3 is 2.45 bits per heavy atom. The Kier molecular flexibility index (Phi) is 5.91. The maximum atomic E-state index is 13.1. The third-order valence-electron chi connectivity index (χ3n) is 5.97. The molecule has 5 N–H and O–H groups in total. The van der Waals surface area contributed by atoms with E-state index >= 15 is 0 Å². The van der Waals surface area contributed by atoms with E-state index in [4.69, 9.17) is 23.2 Å². The molecule has 0 spiro atoms. The predicted octanol–water partition coefficient (Wildman–Crippen LogP) is 3.14. The fourth-order valence-corrected chi connectivity index (χ4v) is 4.39. The van der Waals surface area contributed by atoms with E-state index in [-0.39, 0.29) is 11.6 Å². The summed E-state index contributed by atoms with van der Waals surface area (Å²) in [5.41, 5.74) is 10.1. The van der Waals surface area contributed by atoms with Gasteiger partial charge in [-0.15, -0.1) is 0 Å². The molecular formula is C23H24ClN5O2. The van der Waals surface area contributed by atoms with Crippen LogP contribution >= 0.6 is 11.6 Å². The molecule has 31 heavy (non-hydrogen) atoms. The predicted molar refractivity (Wildman–Crippen MR) is 120 cm³/mol. The van der Waals surface area contributed by atoms with Crippen molar-refractivity contribution in [3.8, 4) is 11.3 Å². The second-order valence-electron chi connectivity index (χ2n) is 7.93. The van der Waals surface area contributed by atoms with Crippen LogP contribution in [0.4, 0.5) is 0 Å². The highest BCUT2D eigenvalue weighted by molar-refractivity contribution is 6.30. The van der Waals surface area contributed by atoms with Gasteiger partial charge in [-0.25, -0.2) is 10.5 Å². The number of halogens is 1. The lowest BCUT2D eigenvalue weighted by Gasteiger charge is -2.38. The average Bonchev–Trinajstić information content (AvgIpc) is 2.80. The van der Waals surface area contributed by atoms with Crippen LogP contribution in [0.1, 0.15) is 47.6 Å². The van der Waals surface area contributed by atoms with Crippen molar-refractivity contribution < 1.29 is 4.79 Å². The second-order valence-corrected chi connectivity index (χ2v) is 8.37. The zero-order valence-corrected chi connectivity index (χ0v) is 17.7. The van der Waals surface area contributed by atoms with E-state index < -0.39 is 17.0 Å². The highest BCUT2D eigenvalue weighted by Crippen LogP contribution is 2.39. The molecule has 0 atom stereocenters. The Hall–Kier alpha value is -3.00. The van der Waals surface area contributed by atoms with Crippen LogP contribution < -0.4 is 22.6 Å². The highest BCUT2D eigenvalue weighted by Gasteiger charge is 2.35. The molecule has 4 rings (SSSR count). The number of hydrogen-bond donors (Lipinski definition) is 3. The van der Waals surface area contributed by atoms with Crippen molar-refractivity contribution >= 4 is 17.5 Å². The summed E-state index contributed by atoms with van der Waals surface area (Å²) in [6, 6.07) is 18.3. The average molecular weight is 438 g/mol. The molecule has 160 valence electrons. The summed E-state index contributed by atoms with van der Waals surface area (Å²) < 4.78 is 1.42. The van der Waals surface area contributed by atoms with Gasteiger partial charge in [0, 0.05) is 16.1 Å². The number of hydrogen-bond acceptors (Lipinski definition) is 5. The van der Waals surface area contributed by atoms with Gasteiger partial charge >= 0.3 is 0 Å². The van der Waals surface area contributed by atoms with Gasteiger partial charge in [0.2, 0.25) is 0 Å². The van der Waals surface area contributed by atoms with E-state index in [1.165, 1.54) is 10.7 Å². The van der Waals surface area contributed by atoms with Crippen molar-refractivity contribution in [1.29, 1.82) is 0 Å². The maximum Gasteiger partial charge on any atom is 0.279 e. The third kappa shape index (κ3) is 4.25. The van der Waals surface area contributed by atoms with Crippen molar-refractivity contribution in [3.63, 3.8) is 0 Å². The van der Waals surface area contributed by atoms with E-state index in [2.05, 4.69) is 10.5 Å². The molecule has 1 saturated carbocycles. The number of nitrogens with zero attached hydrogens (tertiary/aromatic N) is 2. The molecule has 3 aromatic rings. The number of hydrazine groups is 1. The van der Waals surface area contributed by atoms with Crippen molar-refractivity contribution in [1.82, 2.24) is 15.2 Å². The van der Waals surface area contributed by atoms with Crippen LogP contribution in [0.2, 0.25) is 5.02 Å². The number of carbonyl (C=O) groups is 1. The molecule has 1 aliphatic rings. The fraction of sp³-hybridized carbons (Fsp3) is 0.261. The summed E-state index contributed by atoms with van der Waals surface area (Å²) in [7, 11) is 0. The summed E-state index contributed by atoms with van der Waals surface area (Å²) in [4.78, 5) is 25.3. The van der Waals surface area contributed by atoms with Gasteiger partial charge in [-0.05, 0) is 49.4 Å². The quantitative estimate of drug-likeness (QED) is 0.329. The third-order valence-corrected chi connectivity index (χ3v) is 6.21. The summed E-state index contributed by atoms with van der Waals surface area (Å²) >= 11 is 6.15. The molecule has 1 aromatic heterocycles. The van der Waals surface area contributed by atoms with Gasteiger partial charge in [-0.3, -0.25) is 15.0 Å². The van der Waals surface area contributed by atoms with Crippen molar-refractivity contribution in [3.05, 3.63) is 87.2 Å².